The molecule has 2 N–H and O–H groups in total. The van der Waals surface area contributed by atoms with E-state index in [1.807, 2.05) is 0 Å². The van der Waals surface area contributed by atoms with Gasteiger partial charge in [0.05, 0.1) is 5.69 Å². The Morgan fingerprint density at radius 3 is 2.90 bits per heavy atom. The van der Waals surface area contributed by atoms with Gasteiger partial charge in [-0.05, 0) is 36.8 Å². The predicted molar refractivity (Wildman–Crippen MR) is 77.5 cm³/mol. The lowest BCUT2D eigenvalue weighted by Gasteiger charge is -2.06. The summed E-state index contributed by atoms with van der Waals surface area (Å²) in [5.41, 5.74) is 0.766. The minimum absolute atomic E-state index is 0.0915. The van der Waals surface area contributed by atoms with Gasteiger partial charge in [-0.15, -0.1) is 6.58 Å². The second-order valence-electron chi connectivity index (χ2n) is 4.45. The maximum Gasteiger partial charge on any atom is 0.346 e. The van der Waals surface area contributed by atoms with Gasteiger partial charge in [0.1, 0.15) is 11.5 Å². The molecule has 0 aliphatic heterocycles. The molecule has 0 aliphatic carbocycles. The van der Waals surface area contributed by atoms with Crippen LogP contribution in [0.3, 0.4) is 0 Å². The number of carbonyl (C=O) groups excluding carboxylic acids is 1. The van der Waals surface area contributed by atoms with E-state index in [0.717, 1.165) is 0 Å². The van der Waals surface area contributed by atoms with Crippen LogP contribution in [0.25, 0.3) is 11.3 Å². The monoisotopic (exact) mass is 287 g/mol. The number of hydrogen-bond donors (Lipinski definition) is 2. The molecule has 0 saturated heterocycles. The van der Waals surface area contributed by atoms with Gasteiger partial charge in [-0.25, -0.2) is 9.18 Å². The number of aryl methyl sites for hydroxylation is 1. The summed E-state index contributed by atoms with van der Waals surface area (Å²) in [7, 11) is 0. The van der Waals surface area contributed by atoms with Crippen molar-refractivity contribution in [3.63, 3.8) is 0 Å². The largest absolute Gasteiger partial charge is 0.347 e. The van der Waals surface area contributed by atoms with Crippen molar-refractivity contribution in [2.75, 3.05) is 6.54 Å². The van der Waals surface area contributed by atoms with Crippen LogP contribution >= 0.6 is 0 Å². The Morgan fingerprint density at radius 1 is 1.48 bits per heavy atom. The van der Waals surface area contributed by atoms with E-state index in [4.69, 9.17) is 0 Å². The summed E-state index contributed by atoms with van der Waals surface area (Å²) < 4.78 is 13.3. The molecule has 5 nitrogen and oxygen atoms in total. The Kier molecular flexibility index (Phi) is 4.27. The summed E-state index contributed by atoms with van der Waals surface area (Å²) in [6.07, 6.45) is 1.53. The average molecular weight is 287 g/mol. The van der Waals surface area contributed by atoms with Crippen molar-refractivity contribution in [3.8, 4) is 11.3 Å². The quantitative estimate of drug-likeness (QED) is 0.842. The second kappa shape index (κ2) is 6.13. The third kappa shape index (κ3) is 3.42. The zero-order valence-corrected chi connectivity index (χ0v) is 11.4. The number of carbonyl (C=O) groups is 1. The highest BCUT2D eigenvalue weighted by Crippen LogP contribution is 2.19. The third-order valence-electron chi connectivity index (χ3n) is 2.85. The molecule has 0 fully saturated rings. The molecule has 21 heavy (non-hydrogen) atoms. The molecule has 2 aromatic rings. The molecule has 1 amide bonds. The first-order valence-electron chi connectivity index (χ1n) is 6.28. The lowest BCUT2D eigenvalue weighted by atomic mass is 10.1. The van der Waals surface area contributed by atoms with Crippen molar-refractivity contribution < 1.29 is 9.18 Å². The Morgan fingerprint density at radius 2 is 2.24 bits per heavy atom. The van der Waals surface area contributed by atoms with Crippen molar-refractivity contribution in [1.82, 2.24) is 15.3 Å². The van der Waals surface area contributed by atoms with Crippen molar-refractivity contribution in [3.05, 3.63) is 64.5 Å². The van der Waals surface area contributed by atoms with Crippen LogP contribution in [-0.2, 0) is 0 Å². The van der Waals surface area contributed by atoms with Crippen LogP contribution in [0.1, 0.15) is 16.1 Å². The number of aromatic nitrogens is 2. The van der Waals surface area contributed by atoms with Gasteiger partial charge >= 0.3 is 5.69 Å². The topological polar surface area (TPSA) is 74.8 Å². The fourth-order valence-electron chi connectivity index (χ4n) is 1.79. The van der Waals surface area contributed by atoms with E-state index < -0.39 is 11.6 Å². The van der Waals surface area contributed by atoms with E-state index in [1.54, 1.807) is 13.0 Å². The van der Waals surface area contributed by atoms with Gasteiger partial charge in [-0.2, -0.15) is 4.98 Å². The van der Waals surface area contributed by atoms with Crippen LogP contribution in [0.2, 0.25) is 0 Å². The Labute approximate surface area is 120 Å². The molecule has 108 valence electrons. The summed E-state index contributed by atoms with van der Waals surface area (Å²) in [5.74, 6) is -0.776. The van der Waals surface area contributed by atoms with Gasteiger partial charge in [0, 0.05) is 12.1 Å². The fraction of sp³-hybridized carbons (Fsp3) is 0.133. The number of nitrogens with one attached hydrogen (secondary N) is 2. The van der Waals surface area contributed by atoms with Crippen molar-refractivity contribution in [1.29, 1.82) is 0 Å². The highest BCUT2D eigenvalue weighted by Gasteiger charge is 2.10. The molecular weight excluding hydrogens is 273 g/mol. The van der Waals surface area contributed by atoms with E-state index in [2.05, 4.69) is 21.9 Å². The van der Waals surface area contributed by atoms with Gasteiger partial charge in [0.25, 0.3) is 5.91 Å². The van der Waals surface area contributed by atoms with Crippen molar-refractivity contribution in [2.24, 2.45) is 0 Å². The fourth-order valence-corrected chi connectivity index (χ4v) is 1.79. The zero-order valence-electron chi connectivity index (χ0n) is 11.4. The van der Waals surface area contributed by atoms with E-state index in [1.165, 1.54) is 24.3 Å². The molecule has 1 aromatic carbocycles. The Hall–Kier alpha value is -2.76. The summed E-state index contributed by atoms with van der Waals surface area (Å²) in [4.78, 5) is 29.6. The van der Waals surface area contributed by atoms with E-state index in [9.17, 15) is 14.0 Å². The Bertz CT molecular complexity index is 753. The maximum absolute atomic E-state index is 13.3. The molecule has 2 rings (SSSR count). The average Bonchev–Trinajstić information content (AvgIpc) is 2.47. The third-order valence-corrected chi connectivity index (χ3v) is 2.85. The first-order valence-corrected chi connectivity index (χ1v) is 6.28. The number of hydrogen-bond acceptors (Lipinski definition) is 3. The molecule has 0 atom stereocenters. The zero-order chi connectivity index (χ0) is 15.4. The van der Waals surface area contributed by atoms with Crippen LogP contribution < -0.4 is 11.0 Å². The summed E-state index contributed by atoms with van der Waals surface area (Å²) in [6.45, 7) is 5.39. The smallest absolute Gasteiger partial charge is 0.346 e. The minimum Gasteiger partial charge on any atom is -0.347 e. The highest BCUT2D eigenvalue weighted by atomic mass is 19.1. The van der Waals surface area contributed by atoms with Gasteiger partial charge in [-0.1, -0.05) is 6.08 Å². The van der Waals surface area contributed by atoms with E-state index >= 15 is 0 Å². The molecule has 1 aromatic heterocycles. The lowest BCUT2D eigenvalue weighted by Crippen LogP contribution is -2.27. The number of rotatable bonds is 4. The Balaban J connectivity index is 2.43. The van der Waals surface area contributed by atoms with Crippen molar-refractivity contribution in [2.45, 2.75) is 6.92 Å². The van der Waals surface area contributed by atoms with Crippen LogP contribution in [0.5, 0.6) is 0 Å². The standard InChI is InChI=1S/C15H14FN3O2/c1-3-6-17-14(20)13-8-12(18-15(21)19-13)10-4-5-11(16)9(2)7-10/h3-5,7-8H,1,6H2,2H3,(H,17,20)(H,18,19,21). The molecule has 0 radical (unpaired) electrons. The van der Waals surface area contributed by atoms with E-state index in [0.29, 0.717) is 16.8 Å². The number of H-pyrrole nitrogens is 1. The first kappa shape index (κ1) is 14.6. The first-order chi connectivity index (χ1) is 10.0. The molecule has 1 heterocycles. The maximum atomic E-state index is 13.3. The highest BCUT2D eigenvalue weighted by molar-refractivity contribution is 5.93. The number of benzene rings is 1. The molecule has 0 spiro atoms. The summed E-state index contributed by atoms with van der Waals surface area (Å²) >= 11 is 0. The normalized spacial score (nSPS) is 10.2. The van der Waals surface area contributed by atoms with Crippen LogP contribution in [0.4, 0.5) is 4.39 Å². The van der Waals surface area contributed by atoms with Gasteiger partial charge in [0.2, 0.25) is 0 Å². The SMILES string of the molecule is C=CCNC(=O)c1cc(-c2ccc(F)c(C)c2)nc(=O)[nH]1. The second-order valence-corrected chi connectivity index (χ2v) is 4.45. The summed E-state index contributed by atoms with van der Waals surface area (Å²) in [6, 6.07) is 5.83. The number of halogens is 1. The molecule has 0 aliphatic rings. The molecule has 0 saturated carbocycles. The predicted octanol–water partition coefficient (Wildman–Crippen LogP) is 1.80. The van der Waals surface area contributed by atoms with E-state index in [-0.39, 0.29) is 18.1 Å². The van der Waals surface area contributed by atoms with Crippen LogP contribution in [0, 0.1) is 12.7 Å². The molecular formula is C15H14FN3O2. The molecule has 0 bridgehead atoms. The number of amides is 1. The molecule has 6 heteroatoms. The van der Waals surface area contributed by atoms with Crippen molar-refractivity contribution >= 4 is 5.91 Å². The number of aromatic amines is 1. The minimum atomic E-state index is -0.641. The molecule has 0 unspecified atom stereocenters. The summed E-state index contributed by atoms with van der Waals surface area (Å²) in [5, 5.41) is 2.56. The van der Waals surface area contributed by atoms with Crippen LogP contribution in [-0.4, -0.2) is 22.4 Å². The van der Waals surface area contributed by atoms with Crippen LogP contribution in [0.15, 0.2) is 41.7 Å². The number of nitrogens with zero attached hydrogens (tertiary/aromatic N) is 1. The van der Waals surface area contributed by atoms with Gasteiger partial charge in [-0.3, -0.25) is 4.79 Å². The van der Waals surface area contributed by atoms with Gasteiger partial charge in [0.15, 0.2) is 0 Å². The van der Waals surface area contributed by atoms with Gasteiger partial charge < -0.3 is 10.3 Å². The lowest BCUT2D eigenvalue weighted by molar-refractivity contribution is 0.0952.